The summed E-state index contributed by atoms with van der Waals surface area (Å²) in [6.45, 7) is 3.49. The molecule has 0 spiro atoms. The zero-order chi connectivity index (χ0) is 20.6. The standard InChI is InChI=1S/C25H25N3O2/c29-25(28-17-15-27(16-18-28)24-11-4-5-14-26-24)13-12-21-9-6-10-23(19-21)30-20-22-7-2-1-3-8-22/h1-14,19H,15-18,20H2/b13-12+. The number of hydrogen-bond donors (Lipinski definition) is 0. The topological polar surface area (TPSA) is 45.7 Å². The van der Waals surface area contributed by atoms with E-state index in [9.17, 15) is 4.79 Å². The second kappa shape index (κ2) is 9.74. The van der Waals surface area contributed by atoms with Crippen molar-refractivity contribution in [2.75, 3.05) is 31.1 Å². The number of aromatic nitrogens is 1. The molecule has 5 heteroatoms. The normalized spacial score (nSPS) is 14.1. The van der Waals surface area contributed by atoms with E-state index in [1.807, 2.05) is 83.8 Å². The molecule has 0 N–H and O–H groups in total. The molecule has 0 unspecified atom stereocenters. The molecule has 0 saturated carbocycles. The Morgan fingerprint density at radius 2 is 1.73 bits per heavy atom. The molecule has 2 heterocycles. The van der Waals surface area contributed by atoms with Gasteiger partial charge in [-0.25, -0.2) is 4.98 Å². The van der Waals surface area contributed by atoms with Crippen LogP contribution >= 0.6 is 0 Å². The molecule has 0 atom stereocenters. The fraction of sp³-hybridized carbons (Fsp3) is 0.200. The smallest absolute Gasteiger partial charge is 0.246 e. The molecule has 0 bridgehead atoms. The van der Waals surface area contributed by atoms with Gasteiger partial charge in [0.15, 0.2) is 0 Å². The zero-order valence-corrected chi connectivity index (χ0v) is 16.9. The van der Waals surface area contributed by atoms with Crippen molar-refractivity contribution in [2.24, 2.45) is 0 Å². The van der Waals surface area contributed by atoms with Crippen LogP contribution in [0.3, 0.4) is 0 Å². The van der Waals surface area contributed by atoms with Crippen molar-refractivity contribution in [1.29, 1.82) is 0 Å². The van der Waals surface area contributed by atoms with Crippen molar-refractivity contribution < 1.29 is 9.53 Å². The molecule has 0 radical (unpaired) electrons. The molecule has 4 rings (SSSR count). The number of piperazine rings is 1. The fourth-order valence-corrected chi connectivity index (χ4v) is 3.42. The predicted octanol–water partition coefficient (Wildman–Crippen LogP) is 4.02. The number of ether oxygens (including phenoxy) is 1. The average Bonchev–Trinajstić information content (AvgIpc) is 2.83. The third-order valence-electron chi connectivity index (χ3n) is 5.09. The molecule has 3 aromatic rings. The number of pyridine rings is 1. The maximum atomic E-state index is 12.6. The van der Waals surface area contributed by atoms with Gasteiger partial charge in [0.25, 0.3) is 0 Å². The first kappa shape index (κ1) is 19.7. The molecule has 152 valence electrons. The second-order valence-corrected chi connectivity index (χ2v) is 7.18. The summed E-state index contributed by atoms with van der Waals surface area (Å²) in [5.74, 6) is 1.79. The van der Waals surface area contributed by atoms with Crippen LogP contribution in [0.15, 0.2) is 85.1 Å². The van der Waals surface area contributed by atoms with Crippen molar-refractivity contribution in [2.45, 2.75) is 6.61 Å². The molecule has 1 amide bonds. The van der Waals surface area contributed by atoms with E-state index in [1.54, 1.807) is 12.3 Å². The number of benzene rings is 2. The second-order valence-electron chi connectivity index (χ2n) is 7.18. The Labute approximate surface area is 177 Å². The SMILES string of the molecule is O=C(/C=C/c1cccc(OCc2ccccc2)c1)N1CCN(c2ccccn2)CC1. The highest BCUT2D eigenvalue weighted by atomic mass is 16.5. The Morgan fingerprint density at radius 1 is 0.933 bits per heavy atom. The summed E-state index contributed by atoms with van der Waals surface area (Å²) in [7, 11) is 0. The highest BCUT2D eigenvalue weighted by Crippen LogP contribution is 2.17. The van der Waals surface area contributed by atoms with Gasteiger partial charge in [0.05, 0.1) is 0 Å². The van der Waals surface area contributed by atoms with E-state index in [-0.39, 0.29) is 5.91 Å². The first-order valence-electron chi connectivity index (χ1n) is 10.2. The van der Waals surface area contributed by atoms with Gasteiger partial charge in [-0.3, -0.25) is 4.79 Å². The summed E-state index contributed by atoms with van der Waals surface area (Å²) in [4.78, 5) is 21.1. The molecule has 2 aromatic carbocycles. The van der Waals surface area contributed by atoms with Gasteiger partial charge in [0, 0.05) is 38.5 Å². The molecule has 5 nitrogen and oxygen atoms in total. The lowest BCUT2D eigenvalue weighted by Gasteiger charge is -2.34. The van der Waals surface area contributed by atoms with Crippen molar-refractivity contribution in [3.63, 3.8) is 0 Å². The van der Waals surface area contributed by atoms with Crippen molar-refractivity contribution in [1.82, 2.24) is 9.88 Å². The van der Waals surface area contributed by atoms with E-state index in [0.29, 0.717) is 19.7 Å². The number of rotatable bonds is 6. The van der Waals surface area contributed by atoms with E-state index < -0.39 is 0 Å². The maximum Gasteiger partial charge on any atom is 0.246 e. The lowest BCUT2D eigenvalue weighted by molar-refractivity contribution is -0.126. The minimum Gasteiger partial charge on any atom is -0.489 e. The quantitative estimate of drug-likeness (QED) is 0.588. The van der Waals surface area contributed by atoms with Crippen LogP contribution in [0, 0.1) is 0 Å². The van der Waals surface area contributed by atoms with Crippen LogP contribution in [0.2, 0.25) is 0 Å². The van der Waals surface area contributed by atoms with Gasteiger partial charge in [0.1, 0.15) is 18.2 Å². The van der Waals surface area contributed by atoms with Gasteiger partial charge >= 0.3 is 0 Å². The van der Waals surface area contributed by atoms with Gasteiger partial charge in [-0.05, 0) is 41.5 Å². The number of hydrogen-bond acceptors (Lipinski definition) is 4. The maximum absolute atomic E-state index is 12.6. The molecular formula is C25H25N3O2. The summed E-state index contributed by atoms with van der Waals surface area (Å²) >= 11 is 0. The Kier molecular flexibility index (Phi) is 6.40. The van der Waals surface area contributed by atoms with Crippen molar-refractivity contribution in [3.8, 4) is 5.75 Å². The van der Waals surface area contributed by atoms with Crippen molar-refractivity contribution in [3.05, 3.63) is 96.2 Å². The van der Waals surface area contributed by atoms with Crippen LogP contribution in [0.5, 0.6) is 5.75 Å². The molecule has 1 fully saturated rings. The van der Waals surface area contributed by atoms with Crippen LogP contribution in [-0.4, -0.2) is 42.0 Å². The van der Waals surface area contributed by atoms with E-state index >= 15 is 0 Å². The first-order chi connectivity index (χ1) is 14.8. The molecule has 30 heavy (non-hydrogen) atoms. The van der Waals surface area contributed by atoms with Gasteiger partial charge in [-0.2, -0.15) is 0 Å². The third-order valence-corrected chi connectivity index (χ3v) is 5.09. The summed E-state index contributed by atoms with van der Waals surface area (Å²) < 4.78 is 5.87. The fourth-order valence-electron chi connectivity index (χ4n) is 3.42. The zero-order valence-electron chi connectivity index (χ0n) is 16.9. The lowest BCUT2D eigenvalue weighted by Crippen LogP contribution is -2.48. The van der Waals surface area contributed by atoms with Crippen LogP contribution in [0.1, 0.15) is 11.1 Å². The summed E-state index contributed by atoms with van der Waals surface area (Å²) in [5.41, 5.74) is 2.07. The molecule has 1 aliphatic heterocycles. The number of anilines is 1. The van der Waals surface area contributed by atoms with E-state index in [4.69, 9.17) is 4.74 Å². The molecule has 1 aliphatic rings. The van der Waals surface area contributed by atoms with E-state index in [1.165, 1.54) is 0 Å². The average molecular weight is 399 g/mol. The summed E-state index contributed by atoms with van der Waals surface area (Å²) in [6.07, 6.45) is 5.29. The Hall–Kier alpha value is -3.60. The van der Waals surface area contributed by atoms with Crippen LogP contribution in [-0.2, 0) is 11.4 Å². The Bertz CT molecular complexity index is 982. The van der Waals surface area contributed by atoms with Crippen LogP contribution < -0.4 is 9.64 Å². The Morgan fingerprint density at radius 3 is 2.50 bits per heavy atom. The molecular weight excluding hydrogens is 374 g/mol. The van der Waals surface area contributed by atoms with Gasteiger partial charge < -0.3 is 14.5 Å². The van der Waals surface area contributed by atoms with E-state index in [2.05, 4.69) is 9.88 Å². The molecule has 1 aromatic heterocycles. The van der Waals surface area contributed by atoms with Gasteiger partial charge in [-0.1, -0.05) is 48.5 Å². The highest BCUT2D eigenvalue weighted by molar-refractivity contribution is 5.92. The molecule has 0 aliphatic carbocycles. The van der Waals surface area contributed by atoms with Crippen LogP contribution in [0.25, 0.3) is 6.08 Å². The minimum absolute atomic E-state index is 0.0336. The number of nitrogens with zero attached hydrogens (tertiary/aromatic N) is 3. The summed E-state index contributed by atoms with van der Waals surface area (Å²) in [5, 5.41) is 0. The number of carbonyl (C=O) groups excluding carboxylic acids is 1. The minimum atomic E-state index is 0.0336. The predicted molar refractivity (Wildman–Crippen MR) is 119 cm³/mol. The summed E-state index contributed by atoms with van der Waals surface area (Å²) in [6, 6.07) is 23.8. The van der Waals surface area contributed by atoms with E-state index in [0.717, 1.165) is 35.8 Å². The highest BCUT2D eigenvalue weighted by Gasteiger charge is 2.20. The number of carbonyl (C=O) groups is 1. The third kappa shape index (κ3) is 5.26. The number of amides is 1. The lowest BCUT2D eigenvalue weighted by atomic mass is 10.2. The monoisotopic (exact) mass is 399 g/mol. The van der Waals surface area contributed by atoms with Gasteiger partial charge in [-0.15, -0.1) is 0 Å². The largest absolute Gasteiger partial charge is 0.489 e. The van der Waals surface area contributed by atoms with Crippen LogP contribution in [0.4, 0.5) is 5.82 Å². The molecule has 1 saturated heterocycles. The first-order valence-corrected chi connectivity index (χ1v) is 10.2. The van der Waals surface area contributed by atoms with Gasteiger partial charge in [0.2, 0.25) is 5.91 Å². The van der Waals surface area contributed by atoms with Crippen molar-refractivity contribution >= 4 is 17.8 Å². The Balaban J connectivity index is 1.30.